The first-order valence-electron chi connectivity index (χ1n) is 8.66. The Hall–Kier alpha value is -2.42. The van der Waals surface area contributed by atoms with Crippen molar-refractivity contribution in [3.05, 3.63) is 28.0 Å². The molecule has 0 aliphatic carbocycles. The number of rotatable bonds is 4. The van der Waals surface area contributed by atoms with Crippen molar-refractivity contribution in [3.63, 3.8) is 0 Å². The summed E-state index contributed by atoms with van der Waals surface area (Å²) in [6.07, 6.45) is 0.341. The smallest absolute Gasteiger partial charge is 0.410 e. The van der Waals surface area contributed by atoms with Crippen molar-refractivity contribution in [2.45, 2.75) is 46.7 Å². The van der Waals surface area contributed by atoms with E-state index in [0.717, 1.165) is 16.3 Å². The quantitative estimate of drug-likeness (QED) is 0.885. The van der Waals surface area contributed by atoms with Crippen LogP contribution in [0.2, 0.25) is 0 Å². The SMILES string of the molecule is CCOC(=O)N1CCc2nc(NC(=O)c3cc(C)n(C(C)C)n3)sc2C1. The van der Waals surface area contributed by atoms with Gasteiger partial charge in [0.25, 0.3) is 5.91 Å². The lowest BCUT2D eigenvalue weighted by atomic mass is 10.2. The zero-order chi connectivity index (χ0) is 18.8. The summed E-state index contributed by atoms with van der Waals surface area (Å²) < 4.78 is 6.87. The lowest BCUT2D eigenvalue weighted by Crippen LogP contribution is -2.35. The number of nitrogens with one attached hydrogen (secondary N) is 1. The Morgan fingerprint density at radius 2 is 2.19 bits per heavy atom. The number of nitrogens with zero attached hydrogens (tertiary/aromatic N) is 4. The van der Waals surface area contributed by atoms with E-state index in [1.807, 2.05) is 25.5 Å². The summed E-state index contributed by atoms with van der Waals surface area (Å²) in [7, 11) is 0. The monoisotopic (exact) mass is 377 g/mol. The molecule has 0 fully saturated rings. The fraction of sp³-hybridized carbons (Fsp3) is 0.529. The molecule has 0 saturated heterocycles. The zero-order valence-corrected chi connectivity index (χ0v) is 16.2. The second-order valence-corrected chi connectivity index (χ2v) is 7.51. The predicted octanol–water partition coefficient (Wildman–Crippen LogP) is 3.00. The number of fused-ring (bicyclic) bond motifs is 1. The number of ether oxygens (including phenoxy) is 1. The van der Waals surface area contributed by atoms with Gasteiger partial charge in [-0.15, -0.1) is 0 Å². The Bertz CT molecular complexity index is 826. The van der Waals surface area contributed by atoms with E-state index in [-0.39, 0.29) is 18.0 Å². The molecule has 0 radical (unpaired) electrons. The van der Waals surface area contributed by atoms with Crippen molar-refractivity contribution in [2.24, 2.45) is 0 Å². The van der Waals surface area contributed by atoms with Gasteiger partial charge in [-0.3, -0.25) is 14.8 Å². The highest BCUT2D eigenvalue weighted by Crippen LogP contribution is 2.29. The third-order valence-corrected chi connectivity index (χ3v) is 5.12. The molecule has 2 aromatic rings. The highest BCUT2D eigenvalue weighted by atomic mass is 32.1. The summed E-state index contributed by atoms with van der Waals surface area (Å²) in [6, 6.07) is 1.96. The van der Waals surface area contributed by atoms with E-state index in [9.17, 15) is 9.59 Å². The lowest BCUT2D eigenvalue weighted by Gasteiger charge is -2.24. The zero-order valence-electron chi connectivity index (χ0n) is 15.4. The van der Waals surface area contributed by atoms with Gasteiger partial charge >= 0.3 is 6.09 Å². The normalized spacial score (nSPS) is 13.7. The number of amides is 2. The van der Waals surface area contributed by atoms with Gasteiger partial charge in [0.1, 0.15) is 0 Å². The number of aromatic nitrogens is 3. The molecule has 3 rings (SSSR count). The molecule has 0 unspecified atom stereocenters. The van der Waals surface area contributed by atoms with Crippen LogP contribution in [0.5, 0.6) is 0 Å². The maximum absolute atomic E-state index is 12.5. The van der Waals surface area contributed by atoms with Crippen molar-refractivity contribution in [1.29, 1.82) is 0 Å². The van der Waals surface area contributed by atoms with Crippen LogP contribution in [0.4, 0.5) is 9.93 Å². The Labute approximate surface area is 156 Å². The summed E-state index contributed by atoms with van der Waals surface area (Å²) in [4.78, 5) is 31.5. The van der Waals surface area contributed by atoms with E-state index in [0.29, 0.717) is 36.9 Å². The van der Waals surface area contributed by atoms with Crippen LogP contribution in [-0.2, 0) is 17.7 Å². The molecule has 0 bridgehead atoms. The van der Waals surface area contributed by atoms with E-state index in [1.54, 1.807) is 17.9 Å². The number of carbonyl (C=O) groups excluding carboxylic acids is 2. The second-order valence-electron chi connectivity index (χ2n) is 6.42. The van der Waals surface area contributed by atoms with Crippen LogP contribution in [0.1, 0.15) is 53.6 Å². The molecule has 140 valence electrons. The molecule has 3 heterocycles. The first-order valence-corrected chi connectivity index (χ1v) is 9.48. The third kappa shape index (κ3) is 3.72. The molecule has 1 aliphatic heterocycles. The molecule has 2 amide bonds. The minimum Gasteiger partial charge on any atom is -0.450 e. The van der Waals surface area contributed by atoms with Crippen molar-refractivity contribution in [3.8, 4) is 0 Å². The van der Waals surface area contributed by atoms with Gasteiger partial charge < -0.3 is 9.64 Å². The summed E-state index contributed by atoms with van der Waals surface area (Å²) in [5.41, 5.74) is 2.24. The Morgan fingerprint density at radius 3 is 2.85 bits per heavy atom. The van der Waals surface area contributed by atoms with Crippen molar-refractivity contribution in [1.82, 2.24) is 19.7 Å². The molecule has 2 aromatic heterocycles. The lowest BCUT2D eigenvalue weighted by molar-refractivity contribution is 0.101. The average molecular weight is 377 g/mol. The number of anilines is 1. The van der Waals surface area contributed by atoms with Crippen molar-refractivity contribution < 1.29 is 14.3 Å². The summed E-state index contributed by atoms with van der Waals surface area (Å²) in [5.74, 6) is -0.277. The third-order valence-electron chi connectivity index (χ3n) is 4.12. The predicted molar refractivity (Wildman–Crippen MR) is 98.6 cm³/mol. The minimum atomic E-state index is -0.313. The molecule has 0 spiro atoms. The van der Waals surface area contributed by atoms with Crippen LogP contribution in [0, 0.1) is 6.92 Å². The van der Waals surface area contributed by atoms with Gasteiger partial charge in [0, 0.05) is 29.6 Å². The summed E-state index contributed by atoms with van der Waals surface area (Å²) in [5, 5.41) is 7.71. The molecule has 1 aliphatic rings. The molecule has 9 heteroatoms. The molecule has 26 heavy (non-hydrogen) atoms. The summed E-state index contributed by atoms with van der Waals surface area (Å²) >= 11 is 1.39. The van der Waals surface area contributed by atoms with Gasteiger partial charge in [0.15, 0.2) is 10.8 Å². The molecule has 8 nitrogen and oxygen atoms in total. The number of hydrogen-bond acceptors (Lipinski definition) is 6. The molecule has 0 saturated carbocycles. The first-order chi connectivity index (χ1) is 12.4. The van der Waals surface area contributed by atoms with Crippen LogP contribution in [0.3, 0.4) is 0 Å². The van der Waals surface area contributed by atoms with Crippen LogP contribution in [0.15, 0.2) is 6.07 Å². The maximum atomic E-state index is 12.5. The topological polar surface area (TPSA) is 89.4 Å². The fourth-order valence-corrected chi connectivity index (χ4v) is 3.92. The van der Waals surface area contributed by atoms with Crippen molar-refractivity contribution >= 4 is 28.5 Å². The first kappa shape index (κ1) is 18.4. The van der Waals surface area contributed by atoms with Crippen LogP contribution in [0.25, 0.3) is 0 Å². The minimum absolute atomic E-state index is 0.192. The van der Waals surface area contributed by atoms with Crippen molar-refractivity contribution in [2.75, 3.05) is 18.5 Å². The fourth-order valence-electron chi connectivity index (χ4n) is 2.90. The van der Waals surface area contributed by atoms with E-state index in [2.05, 4.69) is 15.4 Å². The van der Waals surface area contributed by atoms with Gasteiger partial charge in [-0.2, -0.15) is 5.10 Å². The molecule has 0 atom stereocenters. The molecule has 1 N–H and O–H groups in total. The number of thiazole rings is 1. The highest BCUT2D eigenvalue weighted by Gasteiger charge is 2.25. The van der Waals surface area contributed by atoms with Gasteiger partial charge in [-0.1, -0.05) is 11.3 Å². The van der Waals surface area contributed by atoms with E-state index < -0.39 is 0 Å². The molecular formula is C17H23N5O3S. The average Bonchev–Trinajstić information content (AvgIpc) is 3.17. The highest BCUT2D eigenvalue weighted by molar-refractivity contribution is 7.15. The van der Waals surface area contributed by atoms with Gasteiger partial charge in [-0.05, 0) is 33.8 Å². The van der Waals surface area contributed by atoms with E-state index in [1.165, 1.54) is 11.3 Å². The van der Waals surface area contributed by atoms with E-state index in [4.69, 9.17) is 4.74 Å². The van der Waals surface area contributed by atoms with E-state index >= 15 is 0 Å². The standard InChI is InChI=1S/C17H23N5O3S/c1-5-25-17(24)21-7-6-12-14(9-21)26-16(18-12)19-15(23)13-8-11(4)22(20-13)10(2)3/h8,10H,5-7,9H2,1-4H3,(H,18,19,23). The maximum Gasteiger partial charge on any atom is 0.410 e. The number of hydrogen-bond donors (Lipinski definition) is 1. The van der Waals surface area contributed by atoms with Gasteiger partial charge in [0.2, 0.25) is 0 Å². The van der Waals surface area contributed by atoms with Crippen LogP contribution >= 0.6 is 11.3 Å². The van der Waals surface area contributed by atoms with Gasteiger partial charge in [0.05, 0.1) is 18.8 Å². The Morgan fingerprint density at radius 1 is 1.42 bits per heavy atom. The van der Waals surface area contributed by atoms with Crippen LogP contribution < -0.4 is 5.32 Å². The van der Waals surface area contributed by atoms with Gasteiger partial charge in [-0.25, -0.2) is 9.78 Å². The summed E-state index contributed by atoms with van der Waals surface area (Å²) in [6.45, 7) is 9.14. The largest absolute Gasteiger partial charge is 0.450 e. The number of carbonyl (C=O) groups is 2. The van der Waals surface area contributed by atoms with Crippen LogP contribution in [-0.4, -0.2) is 44.8 Å². The second kappa shape index (κ2) is 7.45. The Balaban J connectivity index is 1.70. The Kier molecular flexibility index (Phi) is 5.26. The molecular weight excluding hydrogens is 354 g/mol. The molecule has 0 aromatic carbocycles. The number of aryl methyl sites for hydroxylation is 1.